The largest absolute Gasteiger partial charge is 0.394 e. The summed E-state index contributed by atoms with van der Waals surface area (Å²) in [6.45, 7) is 2.71. The Hall–Kier alpha value is -2.49. The zero-order chi connectivity index (χ0) is 26.7. The predicted octanol–water partition coefficient (Wildman–Crippen LogP) is 6.23. The van der Waals surface area contributed by atoms with E-state index in [1.165, 1.54) is 35.1 Å². The Morgan fingerprint density at radius 2 is 1.87 bits per heavy atom. The van der Waals surface area contributed by atoms with Crippen LogP contribution in [0.4, 0.5) is 8.78 Å². The van der Waals surface area contributed by atoms with Crippen LogP contribution in [0.2, 0.25) is 0 Å². The molecule has 6 rings (SSSR count). The van der Waals surface area contributed by atoms with Gasteiger partial charge in [-0.2, -0.15) is 8.78 Å². The van der Waals surface area contributed by atoms with Gasteiger partial charge in [0, 0.05) is 17.9 Å². The molecule has 3 saturated carbocycles. The Morgan fingerprint density at radius 1 is 1.13 bits per heavy atom. The molecule has 1 aromatic rings. The van der Waals surface area contributed by atoms with Gasteiger partial charge >= 0.3 is 5.92 Å². The summed E-state index contributed by atoms with van der Waals surface area (Å²) in [5, 5.41) is 16.0. The van der Waals surface area contributed by atoms with E-state index < -0.39 is 16.9 Å². The van der Waals surface area contributed by atoms with Crippen LogP contribution < -0.4 is 5.73 Å². The van der Waals surface area contributed by atoms with Crippen LogP contribution in [0.25, 0.3) is 0 Å². The number of nitrogens with zero attached hydrogens (tertiary/aromatic N) is 1. The molecule has 4 nitrogen and oxygen atoms in total. The second-order valence-electron chi connectivity index (χ2n) is 12.3. The summed E-state index contributed by atoms with van der Waals surface area (Å²) in [4.78, 5) is 5.36. The first kappa shape index (κ1) is 25.8. The maximum atomic E-state index is 15.3. The molecule has 0 heterocycles. The van der Waals surface area contributed by atoms with E-state index in [2.05, 4.69) is 35.5 Å². The fourth-order valence-electron chi connectivity index (χ4n) is 8.28. The zero-order valence-electron chi connectivity index (χ0n) is 22.2. The molecular weight excluding hydrogens is 482 g/mol. The summed E-state index contributed by atoms with van der Waals surface area (Å²) in [5.41, 5.74) is 9.88. The normalized spacial score (nSPS) is 35.7. The Morgan fingerprint density at radius 3 is 2.55 bits per heavy atom. The minimum absolute atomic E-state index is 0.0271. The van der Waals surface area contributed by atoms with Crippen molar-refractivity contribution in [3.05, 3.63) is 58.2 Å². The summed E-state index contributed by atoms with van der Waals surface area (Å²) < 4.78 is 30.5. The molecule has 3 N–H and O–H groups in total. The highest BCUT2D eigenvalue weighted by Crippen LogP contribution is 2.69. The highest BCUT2D eigenvalue weighted by Gasteiger charge is 2.71. The molecule has 0 aliphatic heterocycles. The number of hydrogen-bond donors (Lipinski definition) is 2. The van der Waals surface area contributed by atoms with Crippen LogP contribution in [-0.2, 0) is 4.84 Å². The second-order valence-corrected chi connectivity index (χ2v) is 12.3. The Labute approximate surface area is 224 Å². The fraction of sp³-hybridized carbons (Fsp3) is 0.594. The molecule has 6 heteroatoms. The quantitative estimate of drug-likeness (QED) is 0.266. The van der Waals surface area contributed by atoms with E-state index in [9.17, 15) is 5.11 Å². The molecule has 38 heavy (non-hydrogen) atoms. The number of terminal acetylenes is 1. The van der Waals surface area contributed by atoms with Crippen LogP contribution in [0.5, 0.6) is 0 Å². The Balaban J connectivity index is 1.45. The lowest BCUT2D eigenvalue weighted by Crippen LogP contribution is -2.60. The van der Waals surface area contributed by atoms with Gasteiger partial charge in [-0.25, -0.2) is 0 Å². The van der Waals surface area contributed by atoms with Crippen molar-refractivity contribution >= 4 is 5.71 Å². The molecule has 5 aliphatic rings. The lowest BCUT2D eigenvalue weighted by molar-refractivity contribution is -0.209. The number of alkyl halides is 2. The number of oxime groups is 1. The van der Waals surface area contributed by atoms with E-state index in [0.717, 1.165) is 37.0 Å². The lowest BCUT2D eigenvalue weighted by atomic mass is 9.50. The molecule has 0 radical (unpaired) electrons. The van der Waals surface area contributed by atoms with E-state index in [0.29, 0.717) is 31.9 Å². The van der Waals surface area contributed by atoms with Gasteiger partial charge < -0.3 is 15.7 Å². The van der Waals surface area contributed by atoms with Gasteiger partial charge in [-0.05, 0) is 110 Å². The first-order valence-corrected chi connectivity index (χ1v) is 14.2. The summed E-state index contributed by atoms with van der Waals surface area (Å²) in [7, 11) is 0. The van der Waals surface area contributed by atoms with Crippen LogP contribution in [0.1, 0.15) is 87.7 Å². The molecule has 1 aromatic carbocycles. The minimum atomic E-state index is -3.57. The van der Waals surface area contributed by atoms with Crippen molar-refractivity contribution in [2.75, 3.05) is 13.2 Å². The molecule has 5 atom stereocenters. The van der Waals surface area contributed by atoms with Crippen LogP contribution in [0.3, 0.4) is 0 Å². The standard InChI is InChI=1S/C32H38F2N2O2/c1-3-32(33,34)31(37)15-14-28-26-12-10-23-18-24(36-38-17-16-35)11-13-25(23)29(26)27(19-30(28,31)2)22-8-6-21(7-9-22)20-4-5-20/h1,6-9,18,20,26-28,37H,4-5,10-17,19,35H2,2H3/b36-24+/t26-,27-,28-,30-,31-/m0/s1. The lowest BCUT2D eigenvalue weighted by Gasteiger charge is -2.55. The molecular formula is C32H38F2N2O2. The van der Waals surface area contributed by atoms with Crippen LogP contribution in [-0.4, -0.2) is 35.5 Å². The van der Waals surface area contributed by atoms with Crippen molar-refractivity contribution in [2.45, 2.75) is 88.1 Å². The van der Waals surface area contributed by atoms with Gasteiger partial charge in [0.2, 0.25) is 0 Å². The van der Waals surface area contributed by atoms with Crippen LogP contribution in [0, 0.1) is 29.6 Å². The fourth-order valence-corrected chi connectivity index (χ4v) is 8.28. The van der Waals surface area contributed by atoms with E-state index in [1.54, 1.807) is 5.92 Å². The smallest absolute Gasteiger partial charge is 0.336 e. The topological polar surface area (TPSA) is 67.8 Å². The average molecular weight is 521 g/mol. The third-order valence-corrected chi connectivity index (χ3v) is 10.4. The number of allylic oxidation sites excluding steroid dienone is 4. The average Bonchev–Trinajstić information content (AvgIpc) is 3.73. The molecule has 0 aromatic heterocycles. The van der Waals surface area contributed by atoms with Gasteiger partial charge in [0.15, 0.2) is 0 Å². The number of benzene rings is 1. The number of hydrogen-bond acceptors (Lipinski definition) is 4. The van der Waals surface area contributed by atoms with Crippen LogP contribution >= 0.6 is 0 Å². The molecule has 3 fully saturated rings. The van der Waals surface area contributed by atoms with Gasteiger partial charge in [0.05, 0.1) is 5.71 Å². The van der Waals surface area contributed by atoms with E-state index >= 15 is 8.78 Å². The summed E-state index contributed by atoms with van der Waals surface area (Å²) in [6.07, 6.45) is 14.4. The van der Waals surface area contributed by atoms with Crippen molar-refractivity contribution in [3.8, 4) is 12.3 Å². The van der Waals surface area contributed by atoms with Crippen molar-refractivity contribution in [2.24, 2.45) is 28.1 Å². The molecule has 202 valence electrons. The van der Waals surface area contributed by atoms with Crippen molar-refractivity contribution in [1.29, 1.82) is 0 Å². The molecule has 0 saturated heterocycles. The molecule has 0 spiro atoms. The molecule has 0 unspecified atom stereocenters. The number of nitrogens with two attached hydrogens (primary N) is 1. The van der Waals surface area contributed by atoms with E-state index in [4.69, 9.17) is 17.0 Å². The monoisotopic (exact) mass is 520 g/mol. The van der Waals surface area contributed by atoms with E-state index in [1.807, 2.05) is 6.92 Å². The molecule has 5 aliphatic carbocycles. The maximum Gasteiger partial charge on any atom is 0.336 e. The minimum Gasteiger partial charge on any atom is -0.394 e. The highest BCUT2D eigenvalue weighted by atomic mass is 19.3. The first-order chi connectivity index (χ1) is 18.2. The SMILES string of the molecule is C#CC(F)(F)[C@]1(O)CC[C@H]2[C@@H]3CCC4=C/C(=N/OCCN)CCC4=C3[C@H](c3ccc(C4CC4)cc3)C[C@@]21C. The third-order valence-electron chi connectivity index (χ3n) is 10.4. The highest BCUT2D eigenvalue weighted by molar-refractivity contribution is 5.97. The van der Waals surface area contributed by atoms with Crippen LogP contribution in [0.15, 0.2) is 52.2 Å². The number of fused-ring (bicyclic) bond motifs is 4. The van der Waals surface area contributed by atoms with E-state index in [-0.39, 0.29) is 24.2 Å². The van der Waals surface area contributed by atoms with Gasteiger partial charge in [-0.1, -0.05) is 41.9 Å². The Kier molecular flexibility index (Phi) is 6.31. The van der Waals surface area contributed by atoms with Crippen molar-refractivity contribution in [3.63, 3.8) is 0 Å². The number of rotatable bonds is 6. The molecule has 0 bridgehead atoms. The van der Waals surface area contributed by atoms with Crippen molar-refractivity contribution in [1.82, 2.24) is 0 Å². The summed E-state index contributed by atoms with van der Waals surface area (Å²) >= 11 is 0. The third kappa shape index (κ3) is 3.88. The summed E-state index contributed by atoms with van der Waals surface area (Å²) in [6, 6.07) is 8.85. The van der Waals surface area contributed by atoms with Gasteiger partial charge in [-0.15, -0.1) is 6.42 Å². The van der Waals surface area contributed by atoms with Gasteiger partial charge in [-0.3, -0.25) is 0 Å². The summed E-state index contributed by atoms with van der Waals surface area (Å²) in [5.74, 6) is -1.14. The zero-order valence-corrected chi connectivity index (χ0v) is 22.2. The van der Waals surface area contributed by atoms with Gasteiger partial charge in [0.1, 0.15) is 12.2 Å². The number of aliphatic hydroxyl groups is 1. The second kappa shape index (κ2) is 9.31. The van der Waals surface area contributed by atoms with Crippen molar-refractivity contribution < 1.29 is 18.7 Å². The molecule has 0 amide bonds. The predicted molar refractivity (Wildman–Crippen MR) is 145 cm³/mol. The van der Waals surface area contributed by atoms with Gasteiger partial charge in [0.25, 0.3) is 0 Å². The number of halogens is 2. The Bertz CT molecular complexity index is 1240. The first-order valence-electron chi connectivity index (χ1n) is 14.2. The maximum absolute atomic E-state index is 15.3.